The second-order valence-electron chi connectivity index (χ2n) is 0.247. The topological polar surface area (TPSA) is 0 Å². The molecule has 0 bridgehead atoms. The molecule has 0 N–H and O–H groups in total. The van der Waals surface area contributed by atoms with E-state index in [2.05, 4.69) is 0 Å². The van der Waals surface area contributed by atoms with Gasteiger partial charge < -0.3 is 0 Å². The van der Waals surface area contributed by atoms with Gasteiger partial charge in [-0.15, -0.1) is 0 Å². The van der Waals surface area contributed by atoms with Crippen molar-refractivity contribution in [1.29, 1.82) is 0 Å². The fourth-order valence-electron chi connectivity index (χ4n) is 0. The minimum atomic E-state index is -3.67. The SMILES string of the molecule is FC(F)F.[In]. The first kappa shape index (κ1) is 9.18. The van der Waals surface area contributed by atoms with Gasteiger partial charge in [-0.3, -0.25) is 0 Å². The minimum absolute atomic E-state index is 0. The Bertz CT molecular complexity index is 11.6. The third-order valence-electron chi connectivity index (χ3n) is 0. The van der Waals surface area contributed by atoms with Crippen LogP contribution in [0.1, 0.15) is 0 Å². The number of hydrogen-bond acceptors (Lipinski definition) is 0. The molecule has 0 aromatic rings. The Kier molecular flexibility index (Phi) is 8.55. The molecule has 0 aliphatic rings. The van der Waals surface area contributed by atoms with Gasteiger partial charge in [0.1, 0.15) is 0 Å². The van der Waals surface area contributed by atoms with Gasteiger partial charge in [-0.25, -0.2) is 0 Å². The molecular formula is CHF3In. The zero-order valence-corrected chi connectivity index (χ0v) is 5.58. The number of rotatable bonds is 0. The van der Waals surface area contributed by atoms with E-state index in [-0.39, 0.29) is 25.8 Å². The van der Waals surface area contributed by atoms with Crippen LogP contribution in [0.15, 0.2) is 0 Å². The van der Waals surface area contributed by atoms with E-state index in [4.69, 9.17) is 0 Å². The molecule has 0 nitrogen and oxygen atoms in total. The van der Waals surface area contributed by atoms with Gasteiger partial charge >= 0.3 is 6.68 Å². The standard InChI is InChI=1S/CHF3.In/c2-1(3)4;/h1H;. The molecule has 0 saturated carbocycles. The molecule has 0 aromatic carbocycles. The summed E-state index contributed by atoms with van der Waals surface area (Å²) in [5.74, 6) is 0. The molecule has 0 aliphatic carbocycles. The summed E-state index contributed by atoms with van der Waals surface area (Å²) in [6, 6.07) is 0. The van der Waals surface area contributed by atoms with E-state index in [1.54, 1.807) is 0 Å². The second-order valence-corrected chi connectivity index (χ2v) is 0.247. The van der Waals surface area contributed by atoms with Crippen molar-refractivity contribution >= 4 is 25.8 Å². The Morgan fingerprint density at radius 3 is 1.00 bits per heavy atom. The minimum Gasteiger partial charge on any atom is -0.174 e. The number of hydrogen-bond donors (Lipinski definition) is 0. The zero-order chi connectivity index (χ0) is 3.58. The molecule has 4 heteroatoms. The van der Waals surface area contributed by atoms with E-state index in [0.29, 0.717) is 0 Å². The summed E-state index contributed by atoms with van der Waals surface area (Å²) in [7, 11) is 0. The van der Waals surface area contributed by atoms with E-state index < -0.39 is 6.68 Å². The average molecular weight is 185 g/mol. The maximum atomic E-state index is 9.67. The van der Waals surface area contributed by atoms with Crippen molar-refractivity contribution in [3.05, 3.63) is 0 Å². The number of alkyl halides is 3. The molecule has 0 atom stereocenters. The molecule has 0 unspecified atom stereocenters. The van der Waals surface area contributed by atoms with Gasteiger partial charge in [0.2, 0.25) is 0 Å². The summed E-state index contributed by atoms with van der Waals surface area (Å²) in [6.07, 6.45) is 0. The third-order valence-corrected chi connectivity index (χ3v) is 0. The van der Waals surface area contributed by atoms with Crippen LogP contribution < -0.4 is 0 Å². The van der Waals surface area contributed by atoms with Crippen molar-refractivity contribution in [2.24, 2.45) is 0 Å². The van der Waals surface area contributed by atoms with Gasteiger partial charge in [-0.1, -0.05) is 0 Å². The van der Waals surface area contributed by atoms with Crippen LogP contribution >= 0.6 is 0 Å². The maximum Gasteiger partial charge on any atom is 0.379 e. The van der Waals surface area contributed by atoms with Crippen molar-refractivity contribution in [3.8, 4) is 0 Å². The van der Waals surface area contributed by atoms with E-state index >= 15 is 0 Å². The van der Waals surface area contributed by atoms with Gasteiger partial charge in [0.15, 0.2) is 0 Å². The summed E-state index contributed by atoms with van der Waals surface area (Å²) in [5, 5.41) is 0. The Hall–Kier alpha value is 0.660. The zero-order valence-electron chi connectivity index (χ0n) is 2.29. The molecule has 29 valence electrons. The van der Waals surface area contributed by atoms with Crippen LogP contribution in [0.4, 0.5) is 13.2 Å². The first-order valence-corrected chi connectivity index (χ1v) is 0.655. The van der Waals surface area contributed by atoms with Gasteiger partial charge in [0.05, 0.1) is 0 Å². The quantitative estimate of drug-likeness (QED) is 0.523. The first-order valence-electron chi connectivity index (χ1n) is 0.655. The van der Waals surface area contributed by atoms with Crippen LogP contribution in [-0.2, 0) is 0 Å². The van der Waals surface area contributed by atoms with E-state index in [9.17, 15) is 13.2 Å². The Labute approximate surface area is 46.1 Å². The largest absolute Gasteiger partial charge is 0.379 e. The molecule has 0 amide bonds. The third kappa shape index (κ3) is 75.7. The summed E-state index contributed by atoms with van der Waals surface area (Å²) < 4.78 is 29.0. The van der Waals surface area contributed by atoms with Crippen molar-refractivity contribution in [1.82, 2.24) is 0 Å². The van der Waals surface area contributed by atoms with Crippen LogP contribution in [0.2, 0.25) is 0 Å². The molecule has 3 radical (unpaired) electrons. The smallest absolute Gasteiger partial charge is 0.174 e. The summed E-state index contributed by atoms with van der Waals surface area (Å²) in [5.41, 5.74) is 0. The van der Waals surface area contributed by atoms with Crippen molar-refractivity contribution < 1.29 is 13.2 Å². The van der Waals surface area contributed by atoms with Crippen molar-refractivity contribution in [3.63, 3.8) is 0 Å². The second kappa shape index (κ2) is 4.66. The normalized spacial score (nSPS) is 7.20. The van der Waals surface area contributed by atoms with Gasteiger partial charge in [0.25, 0.3) is 0 Å². The van der Waals surface area contributed by atoms with Gasteiger partial charge in [-0.2, -0.15) is 13.2 Å². The van der Waals surface area contributed by atoms with Crippen LogP contribution in [-0.4, -0.2) is 32.5 Å². The summed E-state index contributed by atoms with van der Waals surface area (Å²) in [6.45, 7) is -3.67. The molecule has 0 rings (SSSR count). The predicted octanol–water partition coefficient (Wildman–Crippen LogP) is 0.798. The maximum absolute atomic E-state index is 9.67. The van der Waals surface area contributed by atoms with Crippen molar-refractivity contribution in [2.45, 2.75) is 6.68 Å². The molecule has 0 aromatic heterocycles. The fourth-order valence-corrected chi connectivity index (χ4v) is 0. The first-order chi connectivity index (χ1) is 1.73. The van der Waals surface area contributed by atoms with Crippen LogP contribution in [0.3, 0.4) is 0 Å². The van der Waals surface area contributed by atoms with Gasteiger partial charge in [0, 0.05) is 25.8 Å². The molecule has 0 aliphatic heterocycles. The average Bonchev–Trinajstić information content (AvgIpc) is 0.811. The molecule has 0 heterocycles. The summed E-state index contributed by atoms with van der Waals surface area (Å²) >= 11 is 0. The number of halogens is 3. The predicted molar refractivity (Wildman–Crippen MR) is 12.9 cm³/mol. The monoisotopic (exact) mass is 185 g/mol. The molecule has 0 fully saturated rings. The Balaban J connectivity index is 0. The molecule has 0 saturated heterocycles. The van der Waals surface area contributed by atoms with Crippen LogP contribution in [0.25, 0.3) is 0 Å². The van der Waals surface area contributed by atoms with Crippen LogP contribution in [0.5, 0.6) is 0 Å². The fraction of sp³-hybridized carbons (Fsp3) is 1.00. The Morgan fingerprint density at radius 2 is 1.00 bits per heavy atom. The van der Waals surface area contributed by atoms with E-state index in [1.165, 1.54) is 0 Å². The van der Waals surface area contributed by atoms with E-state index in [0.717, 1.165) is 0 Å². The van der Waals surface area contributed by atoms with Crippen LogP contribution in [0, 0.1) is 0 Å². The summed E-state index contributed by atoms with van der Waals surface area (Å²) in [4.78, 5) is 0. The molecule has 0 spiro atoms. The molecular weight excluding hydrogens is 184 g/mol. The van der Waals surface area contributed by atoms with E-state index in [1.807, 2.05) is 0 Å². The van der Waals surface area contributed by atoms with Crippen molar-refractivity contribution in [2.75, 3.05) is 0 Å². The Morgan fingerprint density at radius 1 is 1.00 bits per heavy atom. The molecule has 5 heavy (non-hydrogen) atoms. The van der Waals surface area contributed by atoms with Gasteiger partial charge in [-0.05, 0) is 0 Å².